The van der Waals surface area contributed by atoms with E-state index in [2.05, 4.69) is 4.98 Å². The van der Waals surface area contributed by atoms with Crippen molar-refractivity contribution in [3.8, 4) is 0 Å². The van der Waals surface area contributed by atoms with E-state index in [1.54, 1.807) is 18.5 Å². The normalized spacial score (nSPS) is 8.67. The van der Waals surface area contributed by atoms with Gasteiger partial charge in [-0.05, 0) is 6.07 Å². The first-order valence-electron chi connectivity index (χ1n) is 1.78. The van der Waals surface area contributed by atoms with Crippen molar-refractivity contribution in [3.05, 3.63) is 18.5 Å². The van der Waals surface area contributed by atoms with Crippen LogP contribution in [-0.2, 0) is 0 Å². The number of nitrogens with two attached hydrogens (primary N) is 1. The lowest BCUT2D eigenvalue weighted by atomic mass is 10.6. The molecule has 0 unspecified atom stereocenters. The Bertz CT molecular complexity index is 113. The average molecular weight is 84.1 g/mol. The highest BCUT2D eigenvalue weighted by Gasteiger charge is 1.73. The van der Waals surface area contributed by atoms with Crippen molar-refractivity contribution in [1.82, 2.24) is 4.98 Å². The molecule has 34 valence electrons. The molecule has 1 heterocycles. The summed E-state index contributed by atoms with van der Waals surface area (Å²) in [6, 6.07) is 1.81. The van der Waals surface area contributed by atoms with Gasteiger partial charge in [0, 0.05) is 19.5 Å². The van der Waals surface area contributed by atoms with Crippen molar-refractivity contribution in [2.45, 2.75) is 0 Å². The quantitative estimate of drug-likeness (QED) is 0.480. The summed E-state index contributed by atoms with van der Waals surface area (Å²) in [5, 5.41) is 0. The number of rotatable bonds is 0. The number of anilines is 1. The molecule has 0 saturated heterocycles. The zero-order valence-corrected chi connectivity index (χ0v) is 3.31. The smallest absolute Gasteiger partial charge is 0.0491 e. The summed E-state index contributed by atoms with van der Waals surface area (Å²) < 4.78 is 0. The molecule has 2 heteroatoms. The van der Waals surface area contributed by atoms with Crippen LogP contribution in [0.5, 0.6) is 0 Å². The van der Waals surface area contributed by atoms with Crippen molar-refractivity contribution in [1.29, 1.82) is 0 Å². The second-order valence-corrected chi connectivity index (χ2v) is 1.14. The fourth-order valence-electron chi connectivity index (χ4n) is 0.337. The molecule has 3 N–H and O–H groups in total. The summed E-state index contributed by atoms with van der Waals surface area (Å²) >= 11 is 0. The predicted molar refractivity (Wildman–Crippen MR) is 27.3 cm³/mol. The van der Waals surface area contributed by atoms with Crippen LogP contribution in [0.4, 0.5) is 5.69 Å². The van der Waals surface area contributed by atoms with Gasteiger partial charge in [0.15, 0.2) is 0 Å². The van der Waals surface area contributed by atoms with Crippen molar-refractivity contribution >= 4 is 5.69 Å². The lowest BCUT2D eigenvalue weighted by Gasteiger charge is -1.69. The summed E-state index contributed by atoms with van der Waals surface area (Å²) in [7, 11) is 0. The highest BCUT2D eigenvalue weighted by molar-refractivity contribution is 5.32. The first-order valence-corrected chi connectivity index (χ1v) is 1.78. The molecule has 0 aliphatic heterocycles. The molecule has 1 aromatic rings. The topological polar surface area (TPSA) is 41.8 Å². The molecule has 0 saturated carbocycles. The molecule has 0 fully saturated rings. The van der Waals surface area contributed by atoms with Gasteiger partial charge in [-0.3, -0.25) is 0 Å². The number of hydrogen-bond acceptors (Lipinski definition) is 1. The Hall–Kier alpha value is -0.920. The van der Waals surface area contributed by atoms with Gasteiger partial charge in [-0.15, -0.1) is 0 Å². The average Bonchev–Trinajstić information content (AvgIpc) is 1.86. The third kappa shape index (κ3) is 0.360. The Morgan fingerprint density at radius 1 is 1.83 bits per heavy atom. The molecule has 0 aliphatic rings. The van der Waals surface area contributed by atoms with E-state index in [0.717, 1.165) is 5.69 Å². The van der Waals surface area contributed by atoms with Gasteiger partial charge in [0.25, 0.3) is 0 Å². The van der Waals surface area contributed by atoms with Crippen LogP contribution in [0, 0.1) is 0 Å². The SMILES string of the molecule is Nc1cc[nH]c1.[HH]. The molecule has 6 heavy (non-hydrogen) atoms. The number of nitrogens with one attached hydrogen (secondary N) is 1. The van der Waals surface area contributed by atoms with Gasteiger partial charge in [0.05, 0.1) is 0 Å². The van der Waals surface area contributed by atoms with Crippen LogP contribution in [0.1, 0.15) is 1.43 Å². The maximum absolute atomic E-state index is 5.25. The molecule has 0 radical (unpaired) electrons. The van der Waals surface area contributed by atoms with Crippen LogP contribution in [0.25, 0.3) is 0 Å². The zero-order chi connectivity index (χ0) is 4.41. The Labute approximate surface area is 37.5 Å². The maximum atomic E-state index is 5.25. The molecule has 0 bridgehead atoms. The number of hydrogen-bond donors (Lipinski definition) is 2. The van der Waals surface area contributed by atoms with E-state index in [4.69, 9.17) is 5.73 Å². The molecule has 1 rings (SSSR count). The van der Waals surface area contributed by atoms with E-state index in [0.29, 0.717) is 0 Å². The van der Waals surface area contributed by atoms with E-state index in [1.165, 1.54) is 0 Å². The molecular formula is C4H8N2. The third-order valence-electron chi connectivity index (χ3n) is 0.622. The van der Waals surface area contributed by atoms with E-state index in [-0.39, 0.29) is 1.43 Å². The van der Waals surface area contributed by atoms with Crippen molar-refractivity contribution in [2.24, 2.45) is 0 Å². The van der Waals surface area contributed by atoms with Gasteiger partial charge in [-0.25, -0.2) is 0 Å². The van der Waals surface area contributed by atoms with Crippen molar-refractivity contribution in [2.75, 3.05) is 5.73 Å². The van der Waals surface area contributed by atoms with E-state index in [1.807, 2.05) is 0 Å². The van der Waals surface area contributed by atoms with Gasteiger partial charge in [-0.1, -0.05) is 0 Å². The van der Waals surface area contributed by atoms with Gasteiger partial charge in [0.1, 0.15) is 0 Å². The van der Waals surface area contributed by atoms with Crippen LogP contribution >= 0.6 is 0 Å². The summed E-state index contributed by atoms with van der Waals surface area (Å²) in [5.74, 6) is 0. The first kappa shape index (κ1) is 3.28. The lowest BCUT2D eigenvalue weighted by Crippen LogP contribution is -1.75. The minimum absolute atomic E-state index is 0. The third-order valence-corrected chi connectivity index (χ3v) is 0.622. The van der Waals surface area contributed by atoms with Gasteiger partial charge in [-0.2, -0.15) is 0 Å². The number of nitrogen functional groups attached to an aromatic ring is 1. The fourth-order valence-corrected chi connectivity index (χ4v) is 0.337. The van der Waals surface area contributed by atoms with E-state index < -0.39 is 0 Å². The minimum atomic E-state index is 0. The molecule has 0 aliphatic carbocycles. The largest absolute Gasteiger partial charge is 0.398 e. The Balaban J connectivity index is 0.000000360. The molecule has 0 atom stereocenters. The number of aromatic amines is 1. The predicted octanol–water partition coefficient (Wildman–Crippen LogP) is 0.843. The summed E-state index contributed by atoms with van der Waals surface area (Å²) in [4.78, 5) is 2.80. The molecule has 0 amide bonds. The number of aromatic nitrogens is 1. The van der Waals surface area contributed by atoms with Crippen molar-refractivity contribution in [3.63, 3.8) is 0 Å². The molecule has 2 nitrogen and oxygen atoms in total. The highest BCUT2D eigenvalue weighted by atomic mass is 14.7. The highest BCUT2D eigenvalue weighted by Crippen LogP contribution is 1.92. The van der Waals surface area contributed by atoms with E-state index >= 15 is 0 Å². The van der Waals surface area contributed by atoms with Crippen LogP contribution < -0.4 is 5.73 Å². The maximum Gasteiger partial charge on any atom is 0.0491 e. The van der Waals surface area contributed by atoms with Crippen LogP contribution in [0.2, 0.25) is 0 Å². The Morgan fingerprint density at radius 3 is 2.83 bits per heavy atom. The Kier molecular flexibility index (Phi) is 0.572. The summed E-state index contributed by atoms with van der Waals surface area (Å²) in [5.41, 5.74) is 6.03. The standard InChI is InChI=1S/C4H6N2.H2/c5-4-1-2-6-3-4;/h1-3,6H,5H2;1H. The zero-order valence-electron chi connectivity index (χ0n) is 3.31. The molecule has 1 aromatic heterocycles. The van der Waals surface area contributed by atoms with Gasteiger partial charge < -0.3 is 10.7 Å². The van der Waals surface area contributed by atoms with E-state index in [9.17, 15) is 0 Å². The lowest BCUT2D eigenvalue weighted by molar-refractivity contribution is 1.42. The van der Waals surface area contributed by atoms with Crippen molar-refractivity contribution < 1.29 is 1.43 Å². The van der Waals surface area contributed by atoms with Gasteiger partial charge >= 0.3 is 0 Å². The second-order valence-electron chi connectivity index (χ2n) is 1.14. The van der Waals surface area contributed by atoms with Crippen LogP contribution in [0.3, 0.4) is 0 Å². The second kappa shape index (κ2) is 1.05. The molecular weight excluding hydrogens is 76.1 g/mol. The summed E-state index contributed by atoms with van der Waals surface area (Å²) in [6.45, 7) is 0. The van der Waals surface area contributed by atoms with Gasteiger partial charge in [0.2, 0.25) is 0 Å². The Morgan fingerprint density at radius 2 is 2.67 bits per heavy atom. The van der Waals surface area contributed by atoms with Crippen LogP contribution in [0.15, 0.2) is 18.5 Å². The fraction of sp³-hybridized carbons (Fsp3) is 0. The monoisotopic (exact) mass is 84.1 g/mol. The molecule has 0 aromatic carbocycles. The minimum Gasteiger partial charge on any atom is -0.398 e. The van der Waals surface area contributed by atoms with Crippen LogP contribution in [-0.4, -0.2) is 4.98 Å². The number of H-pyrrole nitrogens is 1. The molecule has 0 spiro atoms. The first-order chi connectivity index (χ1) is 2.89. The summed E-state index contributed by atoms with van der Waals surface area (Å²) in [6.07, 6.45) is 3.52.